The van der Waals surface area contributed by atoms with E-state index in [1.807, 2.05) is 0 Å². The maximum absolute atomic E-state index is 12.4. The van der Waals surface area contributed by atoms with Crippen LogP contribution >= 0.6 is 0 Å². The topological polar surface area (TPSA) is 123 Å². The Bertz CT molecular complexity index is 1240. The van der Waals surface area contributed by atoms with Gasteiger partial charge in [-0.2, -0.15) is 0 Å². The van der Waals surface area contributed by atoms with Crippen LogP contribution in [0.25, 0.3) is 5.69 Å². The lowest BCUT2D eigenvalue weighted by molar-refractivity contribution is 0.0600. The van der Waals surface area contributed by atoms with E-state index in [2.05, 4.69) is 14.7 Å². The maximum Gasteiger partial charge on any atom is 0.337 e. The Labute approximate surface area is 170 Å². The molecule has 0 radical (unpaired) electrons. The number of methoxy groups -OCH3 is 2. The molecular formula is C21H19N3O6. The van der Waals surface area contributed by atoms with Gasteiger partial charge in [0, 0.05) is 0 Å². The number of hydrogen-bond donors (Lipinski definition) is 2. The number of esters is 1. The fraction of sp³-hybridized carbons (Fsp3) is 0.143. The van der Waals surface area contributed by atoms with E-state index in [-0.39, 0.29) is 16.8 Å². The molecule has 9 nitrogen and oxygen atoms in total. The van der Waals surface area contributed by atoms with Crippen molar-refractivity contribution in [3.63, 3.8) is 0 Å². The van der Waals surface area contributed by atoms with Gasteiger partial charge in [0.25, 0.3) is 5.56 Å². The van der Waals surface area contributed by atoms with Crippen LogP contribution < -0.4 is 16.0 Å². The summed E-state index contributed by atoms with van der Waals surface area (Å²) in [6.45, 7) is 1.51. The third-order valence-electron chi connectivity index (χ3n) is 4.34. The number of aromatic hydroxyl groups is 1. The van der Waals surface area contributed by atoms with Gasteiger partial charge in [0.2, 0.25) is 5.88 Å². The molecule has 30 heavy (non-hydrogen) atoms. The summed E-state index contributed by atoms with van der Waals surface area (Å²) in [6.07, 6.45) is 0. The van der Waals surface area contributed by atoms with Crippen molar-refractivity contribution in [2.24, 2.45) is 4.99 Å². The van der Waals surface area contributed by atoms with Crippen molar-refractivity contribution in [2.75, 3.05) is 14.2 Å². The van der Waals surface area contributed by atoms with Crippen LogP contribution in [-0.2, 0) is 4.74 Å². The molecule has 3 aromatic rings. The molecule has 0 atom stereocenters. The second-order valence-corrected chi connectivity index (χ2v) is 6.23. The second kappa shape index (κ2) is 8.48. The molecule has 9 heteroatoms. The number of nitrogens with zero attached hydrogens (tertiary/aromatic N) is 2. The molecule has 3 rings (SSSR count). The summed E-state index contributed by atoms with van der Waals surface area (Å²) >= 11 is 0. The Morgan fingerprint density at radius 1 is 1.10 bits per heavy atom. The standard InChI is InChI=1S/C21H19N3O6/c1-12(22-14-6-4-5-13(11-14)20(27)30-3)17-18(25)23-21(28)24(19(17)26)15-7-9-16(29-2)10-8-15/h4-11,26H,1-3H3,(H,23,25,28). The first-order valence-corrected chi connectivity index (χ1v) is 8.82. The van der Waals surface area contributed by atoms with E-state index < -0.39 is 23.1 Å². The highest BCUT2D eigenvalue weighted by molar-refractivity contribution is 6.02. The number of aromatic amines is 1. The van der Waals surface area contributed by atoms with E-state index in [1.165, 1.54) is 27.2 Å². The van der Waals surface area contributed by atoms with Gasteiger partial charge in [-0.25, -0.2) is 14.2 Å². The summed E-state index contributed by atoms with van der Waals surface area (Å²) in [5.74, 6) is -0.517. The Morgan fingerprint density at radius 2 is 1.80 bits per heavy atom. The number of aliphatic imine (C=N–C) groups is 1. The molecule has 1 aromatic heterocycles. The number of carbonyl (C=O) groups excluding carboxylic acids is 1. The molecule has 0 unspecified atom stereocenters. The van der Waals surface area contributed by atoms with Crippen LogP contribution in [-0.4, -0.2) is 40.6 Å². The lowest BCUT2D eigenvalue weighted by Gasteiger charge is -2.12. The zero-order chi connectivity index (χ0) is 21.8. The SMILES string of the molecule is COC(=O)c1cccc(N=C(C)c2c(O)n(-c3ccc(OC)cc3)c(=O)[nH]c2=O)c1. The predicted octanol–water partition coefficient (Wildman–Crippen LogP) is 2.17. The lowest BCUT2D eigenvalue weighted by Crippen LogP contribution is -2.32. The van der Waals surface area contributed by atoms with Gasteiger partial charge in [0.15, 0.2) is 0 Å². The van der Waals surface area contributed by atoms with E-state index in [4.69, 9.17) is 4.74 Å². The molecule has 0 spiro atoms. The Balaban J connectivity index is 2.12. The highest BCUT2D eigenvalue weighted by Gasteiger charge is 2.18. The van der Waals surface area contributed by atoms with Crippen molar-refractivity contribution in [1.82, 2.24) is 9.55 Å². The molecule has 0 fully saturated rings. The molecule has 0 aliphatic carbocycles. The van der Waals surface area contributed by atoms with Gasteiger partial charge in [-0.15, -0.1) is 0 Å². The summed E-state index contributed by atoms with van der Waals surface area (Å²) in [5.41, 5.74) is -0.618. The molecule has 0 amide bonds. The number of benzene rings is 2. The Hall–Kier alpha value is -4.14. The van der Waals surface area contributed by atoms with Crippen LogP contribution in [0.4, 0.5) is 5.69 Å². The first-order valence-electron chi connectivity index (χ1n) is 8.82. The fourth-order valence-electron chi connectivity index (χ4n) is 2.89. The highest BCUT2D eigenvalue weighted by Crippen LogP contribution is 2.22. The average molecular weight is 409 g/mol. The van der Waals surface area contributed by atoms with Crippen LogP contribution in [0.3, 0.4) is 0 Å². The molecule has 2 N–H and O–H groups in total. The van der Waals surface area contributed by atoms with Gasteiger partial charge < -0.3 is 14.6 Å². The molecule has 0 saturated heterocycles. The minimum Gasteiger partial charge on any atom is -0.497 e. The summed E-state index contributed by atoms with van der Waals surface area (Å²) < 4.78 is 10.7. The summed E-state index contributed by atoms with van der Waals surface area (Å²) in [4.78, 5) is 42.9. The number of nitrogens with one attached hydrogen (secondary N) is 1. The number of carbonyl (C=O) groups is 1. The first-order chi connectivity index (χ1) is 14.3. The molecule has 0 aliphatic heterocycles. The van der Waals surface area contributed by atoms with E-state index in [9.17, 15) is 19.5 Å². The van der Waals surface area contributed by atoms with Gasteiger partial charge in [0.1, 0.15) is 11.3 Å². The van der Waals surface area contributed by atoms with Crippen LogP contribution in [0.15, 0.2) is 63.1 Å². The average Bonchev–Trinajstić information content (AvgIpc) is 2.73. The van der Waals surface area contributed by atoms with Crippen molar-refractivity contribution in [3.05, 3.63) is 80.5 Å². The lowest BCUT2D eigenvalue weighted by atomic mass is 10.1. The van der Waals surface area contributed by atoms with Gasteiger partial charge in [-0.1, -0.05) is 6.07 Å². The van der Waals surface area contributed by atoms with Crippen molar-refractivity contribution >= 4 is 17.4 Å². The molecule has 0 saturated carbocycles. The minimum absolute atomic E-state index is 0.151. The molecule has 2 aromatic carbocycles. The quantitative estimate of drug-likeness (QED) is 0.492. The maximum atomic E-state index is 12.4. The molecular weight excluding hydrogens is 390 g/mol. The van der Waals surface area contributed by atoms with Gasteiger partial charge >= 0.3 is 11.7 Å². The number of ether oxygens (including phenoxy) is 2. The zero-order valence-corrected chi connectivity index (χ0v) is 16.5. The van der Waals surface area contributed by atoms with Crippen LogP contribution in [0, 0.1) is 0 Å². The number of hydrogen-bond acceptors (Lipinski definition) is 7. The van der Waals surface area contributed by atoms with Gasteiger partial charge in [0.05, 0.1) is 36.9 Å². The van der Waals surface area contributed by atoms with Crippen LogP contribution in [0.2, 0.25) is 0 Å². The Kier molecular flexibility index (Phi) is 5.82. The third-order valence-corrected chi connectivity index (χ3v) is 4.34. The van der Waals surface area contributed by atoms with Crippen molar-refractivity contribution < 1.29 is 19.4 Å². The minimum atomic E-state index is -0.799. The van der Waals surface area contributed by atoms with E-state index in [0.29, 0.717) is 17.1 Å². The van der Waals surface area contributed by atoms with Gasteiger partial charge in [-0.05, 0) is 49.4 Å². The molecule has 0 bridgehead atoms. The van der Waals surface area contributed by atoms with Crippen LogP contribution in [0.5, 0.6) is 11.6 Å². The van der Waals surface area contributed by atoms with Crippen molar-refractivity contribution in [3.8, 4) is 17.3 Å². The zero-order valence-electron chi connectivity index (χ0n) is 16.5. The molecule has 1 heterocycles. The monoisotopic (exact) mass is 409 g/mol. The largest absolute Gasteiger partial charge is 0.497 e. The first kappa shape index (κ1) is 20.6. The van der Waals surface area contributed by atoms with Crippen molar-refractivity contribution in [1.29, 1.82) is 0 Å². The summed E-state index contributed by atoms with van der Waals surface area (Å²) in [7, 11) is 2.77. The Morgan fingerprint density at radius 3 is 2.43 bits per heavy atom. The second-order valence-electron chi connectivity index (χ2n) is 6.23. The van der Waals surface area contributed by atoms with E-state index >= 15 is 0 Å². The number of aromatic nitrogens is 2. The number of H-pyrrole nitrogens is 1. The smallest absolute Gasteiger partial charge is 0.337 e. The van der Waals surface area contributed by atoms with Crippen molar-refractivity contribution in [2.45, 2.75) is 6.92 Å². The van der Waals surface area contributed by atoms with E-state index in [1.54, 1.807) is 42.5 Å². The fourth-order valence-corrected chi connectivity index (χ4v) is 2.89. The molecule has 0 aliphatic rings. The predicted molar refractivity (Wildman–Crippen MR) is 111 cm³/mol. The van der Waals surface area contributed by atoms with Crippen LogP contribution in [0.1, 0.15) is 22.8 Å². The summed E-state index contributed by atoms with van der Waals surface area (Å²) in [5, 5.41) is 10.7. The summed E-state index contributed by atoms with van der Waals surface area (Å²) in [6, 6.07) is 12.6. The number of rotatable bonds is 5. The normalized spacial score (nSPS) is 11.2. The molecule has 154 valence electrons. The van der Waals surface area contributed by atoms with E-state index in [0.717, 1.165) is 4.57 Å². The highest BCUT2D eigenvalue weighted by atomic mass is 16.5. The third kappa shape index (κ3) is 4.00. The van der Waals surface area contributed by atoms with Gasteiger partial charge in [-0.3, -0.25) is 14.8 Å².